The number of hydrogen-bond acceptors (Lipinski definition) is 5. The third-order valence-electron chi connectivity index (χ3n) is 3.67. The molecule has 6 nitrogen and oxygen atoms in total. The Bertz CT molecular complexity index is 1040. The first-order valence-electron chi connectivity index (χ1n) is 9.04. The van der Waals surface area contributed by atoms with Gasteiger partial charge in [-0.25, -0.2) is 4.98 Å². The number of hydrogen-bond donors (Lipinski definition) is 2. The summed E-state index contributed by atoms with van der Waals surface area (Å²) in [7, 11) is 0. The summed E-state index contributed by atoms with van der Waals surface area (Å²) < 4.78 is 21.3. The minimum Gasteiger partial charge on any atom is -0.505 e. The lowest BCUT2D eigenvalue weighted by atomic mass is 10.1. The molecule has 26 heavy (non-hydrogen) atoms. The predicted molar refractivity (Wildman–Crippen MR) is 97.7 cm³/mol. The second-order valence-corrected chi connectivity index (χ2v) is 5.70. The normalized spacial score (nSPS) is 11.8. The predicted octanol–water partition coefficient (Wildman–Crippen LogP) is 3.36. The number of carbonyl (C=O) groups is 2. The van der Waals surface area contributed by atoms with Crippen molar-refractivity contribution in [1.29, 1.82) is 0 Å². The number of nitrogens with one attached hydrogen (secondary N) is 1. The van der Waals surface area contributed by atoms with Crippen molar-refractivity contribution in [2.45, 2.75) is 13.8 Å². The van der Waals surface area contributed by atoms with Crippen LogP contribution in [0.15, 0.2) is 48.5 Å². The number of aryl methyl sites for hydroxylation is 1. The summed E-state index contributed by atoms with van der Waals surface area (Å²) in [5.74, 6) is -0.340. The van der Waals surface area contributed by atoms with E-state index in [-0.39, 0.29) is 34.9 Å². The summed E-state index contributed by atoms with van der Waals surface area (Å²) in [6, 6.07) is 13.8. The lowest BCUT2D eigenvalue weighted by Crippen LogP contribution is -2.29. The summed E-state index contributed by atoms with van der Waals surface area (Å²) in [5, 5.41) is 13.5. The number of rotatable bonds is 5. The van der Waals surface area contributed by atoms with Gasteiger partial charge in [0.05, 0.1) is 6.54 Å². The molecule has 0 fully saturated rings. The maximum absolute atomic E-state index is 12.3. The van der Waals surface area contributed by atoms with Gasteiger partial charge in [0.25, 0.3) is 5.91 Å². The first-order valence-corrected chi connectivity index (χ1v) is 7.88. The van der Waals surface area contributed by atoms with Crippen LogP contribution in [0, 0.1) is 6.88 Å². The summed E-state index contributed by atoms with van der Waals surface area (Å²) in [6.45, 7) is -0.381. The number of para-hydroxylation sites is 1. The van der Waals surface area contributed by atoms with Crippen molar-refractivity contribution in [1.82, 2.24) is 10.3 Å². The van der Waals surface area contributed by atoms with Crippen molar-refractivity contribution in [3.63, 3.8) is 0 Å². The van der Waals surface area contributed by atoms with Crippen molar-refractivity contribution in [3.8, 4) is 17.2 Å². The number of ether oxygens (including phenoxy) is 1. The van der Waals surface area contributed by atoms with Crippen LogP contribution in [0.2, 0.25) is 0 Å². The summed E-state index contributed by atoms with van der Waals surface area (Å²) in [4.78, 5) is 27.4. The molecule has 1 aromatic heterocycles. The maximum atomic E-state index is 12.3. The van der Waals surface area contributed by atoms with Gasteiger partial charge < -0.3 is 15.2 Å². The molecule has 1 heterocycles. The van der Waals surface area contributed by atoms with E-state index in [0.717, 1.165) is 0 Å². The summed E-state index contributed by atoms with van der Waals surface area (Å²) >= 11 is 0. The Morgan fingerprint density at radius 2 is 1.92 bits per heavy atom. The van der Waals surface area contributed by atoms with Gasteiger partial charge in [-0.3, -0.25) is 9.59 Å². The van der Waals surface area contributed by atoms with Gasteiger partial charge in [0, 0.05) is 19.2 Å². The monoisotopic (exact) mass is 352 g/mol. The van der Waals surface area contributed by atoms with Crippen LogP contribution in [0.5, 0.6) is 17.2 Å². The maximum Gasteiger partial charge on any atom is 0.274 e. The van der Waals surface area contributed by atoms with Crippen LogP contribution in [0.1, 0.15) is 25.8 Å². The van der Waals surface area contributed by atoms with E-state index < -0.39 is 12.8 Å². The number of Topliss-reactive ketones (excluding diaryl/α,β-unsaturated/α-hetero) is 1. The number of nitrogens with zero attached hydrogens (tertiary/aromatic N) is 1. The zero-order chi connectivity index (χ0) is 20.3. The fourth-order valence-corrected chi connectivity index (χ4v) is 2.44. The Labute approximate surface area is 153 Å². The number of aromatic hydroxyl groups is 1. The van der Waals surface area contributed by atoms with Crippen molar-refractivity contribution in [2.75, 3.05) is 6.54 Å². The van der Waals surface area contributed by atoms with E-state index in [1.807, 2.05) is 18.2 Å². The van der Waals surface area contributed by atoms with E-state index in [2.05, 4.69) is 10.3 Å². The minimum atomic E-state index is -1.49. The standard InChI is InChI=1S/C20H18N2O4/c1-12(23)11-21-20(25)18-19(24)16-9-8-15(10-17(16)13(2)22-18)26-14-6-4-3-5-7-14/h3-10,24H,11H2,1-2H3,(H,21,25)/i2D2. The van der Waals surface area contributed by atoms with E-state index in [1.54, 1.807) is 24.3 Å². The first kappa shape index (κ1) is 14.9. The van der Waals surface area contributed by atoms with Crippen LogP contribution in [0.3, 0.4) is 0 Å². The van der Waals surface area contributed by atoms with Crippen molar-refractivity contribution < 1.29 is 22.2 Å². The molecule has 6 heteroatoms. The molecule has 2 N–H and O–H groups in total. The summed E-state index contributed by atoms with van der Waals surface area (Å²) in [6.07, 6.45) is 0. The Balaban J connectivity index is 2.06. The number of pyridine rings is 1. The molecule has 0 aliphatic heterocycles. The average molecular weight is 352 g/mol. The SMILES string of the molecule is [2H]C([2H])c1nc(C(=O)NCC(C)=O)c(O)c2ccc(Oc3ccccc3)cc12. The van der Waals surface area contributed by atoms with Crippen LogP contribution in [0.25, 0.3) is 10.8 Å². The quantitative estimate of drug-likeness (QED) is 0.735. The van der Waals surface area contributed by atoms with Gasteiger partial charge in [0.1, 0.15) is 17.3 Å². The Morgan fingerprint density at radius 3 is 2.62 bits per heavy atom. The number of benzene rings is 2. The highest BCUT2D eigenvalue weighted by Crippen LogP contribution is 2.33. The third kappa shape index (κ3) is 3.64. The Hall–Kier alpha value is -3.41. The van der Waals surface area contributed by atoms with Crippen LogP contribution in [0.4, 0.5) is 0 Å². The van der Waals surface area contributed by atoms with Crippen LogP contribution >= 0.6 is 0 Å². The van der Waals surface area contributed by atoms with Gasteiger partial charge in [0.15, 0.2) is 11.4 Å². The van der Waals surface area contributed by atoms with Gasteiger partial charge in [-0.05, 0) is 44.1 Å². The highest BCUT2D eigenvalue weighted by atomic mass is 16.5. The molecule has 0 radical (unpaired) electrons. The van der Waals surface area contributed by atoms with Crippen molar-refractivity contribution in [2.24, 2.45) is 0 Å². The second-order valence-electron chi connectivity index (χ2n) is 5.70. The molecule has 0 bridgehead atoms. The van der Waals surface area contributed by atoms with Crippen LogP contribution < -0.4 is 10.1 Å². The molecule has 0 aliphatic rings. The molecule has 0 unspecified atom stereocenters. The molecular weight excluding hydrogens is 332 g/mol. The van der Waals surface area contributed by atoms with E-state index >= 15 is 0 Å². The first-order chi connectivity index (χ1) is 13.4. The van der Waals surface area contributed by atoms with Gasteiger partial charge in [-0.2, -0.15) is 0 Å². The number of aromatic nitrogens is 1. The van der Waals surface area contributed by atoms with E-state index in [9.17, 15) is 14.7 Å². The van der Waals surface area contributed by atoms with Crippen molar-refractivity contribution >= 4 is 22.5 Å². The number of carbonyl (C=O) groups excluding carboxylic acids is 2. The highest BCUT2D eigenvalue weighted by Gasteiger charge is 2.18. The van der Waals surface area contributed by atoms with E-state index in [0.29, 0.717) is 16.9 Å². The number of amides is 1. The molecule has 3 rings (SSSR count). The van der Waals surface area contributed by atoms with Crippen LogP contribution in [-0.4, -0.2) is 28.3 Å². The third-order valence-corrected chi connectivity index (χ3v) is 3.67. The molecule has 0 spiro atoms. The fraction of sp³-hybridized carbons (Fsp3) is 0.150. The smallest absolute Gasteiger partial charge is 0.274 e. The van der Waals surface area contributed by atoms with Gasteiger partial charge in [0.2, 0.25) is 0 Å². The fourth-order valence-electron chi connectivity index (χ4n) is 2.44. The van der Waals surface area contributed by atoms with Crippen LogP contribution in [-0.2, 0) is 4.79 Å². The lowest BCUT2D eigenvalue weighted by Gasteiger charge is -2.12. The minimum absolute atomic E-state index is 0.000660. The Kier molecular flexibility index (Phi) is 4.14. The molecule has 0 atom stereocenters. The highest BCUT2D eigenvalue weighted by molar-refractivity contribution is 6.03. The molecule has 0 saturated heterocycles. The molecule has 1 amide bonds. The summed E-state index contributed by atoms with van der Waals surface area (Å²) in [5.41, 5.74) is -0.329. The molecule has 3 aromatic rings. The molecule has 2 aromatic carbocycles. The number of ketones is 1. The lowest BCUT2D eigenvalue weighted by molar-refractivity contribution is -0.116. The Morgan fingerprint density at radius 1 is 1.15 bits per heavy atom. The van der Waals surface area contributed by atoms with E-state index in [1.165, 1.54) is 13.0 Å². The molecule has 132 valence electrons. The van der Waals surface area contributed by atoms with E-state index in [4.69, 9.17) is 7.48 Å². The van der Waals surface area contributed by atoms with Gasteiger partial charge >= 0.3 is 0 Å². The number of fused-ring (bicyclic) bond motifs is 1. The van der Waals surface area contributed by atoms with Crippen molar-refractivity contribution in [3.05, 3.63) is 59.9 Å². The van der Waals surface area contributed by atoms with Gasteiger partial charge in [-0.15, -0.1) is 0 Å². The topological polar surface area (TPSA) is 88.5 Å². The second kappa shape index (κ2) is 7.23. The van der Waals surface area contributed by atoms with Gasteiger partial charge in [-0.1, -0.05) is 18.2 Å². The largest absolute Gasteiger partial charge is 0.505 e. The average Bonchev–Trinajstić information content (AvgIpc) is 2.67. The zero-order valence-corrected chi connectivity index (χ0v) is 14.0. The molecular formula is C20H18N2O4. The molecule has 0 saturated carbocycles. The zero-order valence-electron chi connectivity index (χ0n) is 16.0. The molecule has 0 aliphatic carbocycles.